The molecule has 140 valence electrons. The third-order valence-corrected chi connectivity index (χ3v) is 5.33. The van der Waals surface area contributed by atoms with E-state index in [0.717, 1.165) is 12.8 Å². The van der Waals surface area contributed by atoms with Crippen molar-refractivity contribution >= 4 is 16.0 Å². The highest BCUT2D eigenvalue weighted by Gasteiger charge is 2.26. The molecule has 1 aromatic carbocycles. The molecule has 2 rings (SSSR count). The average molecular weight is 371 g/mol. The average Bonchev–Trinajstić information content (AvgIpc) is 2.60. The summed E-state index contributed by atoms with van der Waals surface area (Å²) in [6.07, 6.45) is 2.97. The third kappa shape index (κ3) is 6.21. The predicted molar refractivity (Wildman–Crippen MR) is 93.2 cm³/mol. The van der Waals surface area contributed by atoms with E-state index in [1.54, 1.807) is 19.2 Å². The molecule has 8 heteroatoms. The second-order valence-corrected chi connectivity index (χ2v) is 8.04. The van der Waals surface area contributed by atoms with E-state index in [0.29, 0.717) is 24.6 Å². The van der Waals surface area contributed by atoms with Crippen LogP contribution in [0.5, 0.6) is 11.5 Å². The van der Waals surface area contributed by atoms with Crippen LogP contribution in [0.3, 0.4) is 0 Å². The van der Waals surface area contributed by atoms with Crippen molar-refractivity contribution in [3.05, 3.63) is 24.3 Å². The summed E-state index contributed by atoms with van der Waals surface area (Å²) in [7, 11) is -1.63. The van der Waals surface area contributed by atoms with Gasteiger partial charge in [0.05, 0.1) is 33.0 Å². The van der Waals surface area contributed by atoms with E-state index in [-0.39, 0.29) is 31.5 Å². The largest absolute Gasteiger partial charge is 0.493 e. The molecule has 1 aliphatic rings. The van der Waals surface area contributed by atoms with Gasteiger partial charge in [-0.2, -0.15) is 0 Å². The van der Waals surface area contributed by atoms with Gasteiger partial charge in [0.2, 0.25) is 10.0 Å². The van der Waals surface area contributed by atoms with E-state index in [1.807, 2.05) is 12.1 Å². The summed E-state index contributed by atoms with van der Waals surface area (Å²) in [6, 6.07) is 7.22. The first-order valence-electron chi connectivity index (χ1n) is 8.26. The molecule has 1 atom stereocenters. The van der Waals surface area contributed by atoms with E-state index in [4.69, 9.17) is 14.2 Å². The number of hydrogen-bond donors (Lipinski definition) is 0. The van der Waals surface area contributed by atoms with Gasteiger partial charge in [-0.05, 0) is 25.0 Å². The van der Waals surface area contributed by atoms with Crippen LogP contribution in [0, 0.1) is 5.92 Å². The van der Waals surface area contributed by atoms with Crippen molar-refractivity contribution in [2.45, 2.75) is 19.3 Å². The molecule has 7 nitrogen and oxygen atoms in total. The standard InChI is InChI=1S/C17H25NO6S/c1-22-15-7-3-4-8-16(15)23-11-9-17(19)24-13-14-6-5-10-18(12-14)25(2,20)21/h3-4,7-8,14H,5-6,9-13H2,1-2H3/t14-/m0/s1. The van der Waals surface area contributed by atoms with Gasteiger partial charge in [0.1, 0.15) is 0 Å². The molecule has 0 amide bonds. The minimum Gasteiger partial charge on any atom is -0.493 e. The summed E-state index contributed by atoms with van der Waals surface area (Å²) in [5.74, 6) is 0.877. The van der Waals surface area contributed by atoms with Crippen LogP contribution in [0.15, 0.2) is 24.3 Å². The minimum atomic E-state index is -3.19. The first kappa shape index (κ1) is 19.5. The Balaban J connectivity index is 1.70. The SMILES string of the molecule is COc1ccccc1OCCC(=O)OC[C@H]1CCCN(S(C)(=O)=O)C1. The molecular formula is C17H25NO6S. The lowest BCUT2D eigenvalue weighted by Gasteiger charge is -2.30. The Morgan fingerprint density at radius 3 is 2.68 bits per heavy atom. The van der Waals surface area contributed by atoms with Crippen molar-refractivity contribution in [1.82, 2.24) is 4.31 Å². The number of hydrogen-bond acceptors (Lipinski definition) is 6. The summed E-state index contributed by atoms with van der Waals surface area (Å²) in [6.45, 7) is 1.37. The number of carbonyl (C=O) groups is 1. The fraction of sp³-hybridized carbons (Fsp3) is 0.588. The maximum absolute atomic E-state index is 11.8. The highest BCUT2D eigenvalue weighted by Crippen LogP contribution is 2.25. The maximum Gasteiger partial charge on any atom is 0.309 e. The van der Waals surface area contributed by atoms with E-state index in [9.17, 15) is 13.2 Å². The Labute approximate surface area is 148 Å². The van der Waals surface area contributed by atoms with Crippen molar-refractivity contribution in [2.24, 2.45) is 5.92 Å². The van der Waals surface area contributed by atoms with Gasteiger partial charge in [-0.15, -0.1) is 0 Å². The Kier molecular flexibility index (Phi) is 7.07. The molecule has 1 aliphatic heterocycles. The predicted octanol–water partition coefficient (Wildman–Crippen LogP) is 1.68. The molecule has 25 heavy (non-hydrogen) atoms. The molecule has 0 spiro atoms. The van der Waals surface area contributed by atoms with Crippen molar-refractivity contribution in [1.29, 1.82) is 0 Å². The molecule has 0 bridgehead atoms. The van der Waals surface area contributed by atoms with Crippen LogP contribution < -0.4 is 9.47 Å². The van der Waals surface area contributed by atoms with Crippen LogP contribution in [0.4, 0.5) is 0 Å². The fourth-order valence-corrected chi connectivity index (χ4v) is 3.67. The number of rotatable bonds is 8. The number of sulfonamides is 1. The second kappa shape index (κ2) is 9.05. The second-order valence-electron chi connectivity index (χ2n) is 6.06. The van der Waals surface area contributed by atoms with E-state index in [2.05, 4.69) is 0 Å². The van der Waals surface area contributed by atoms with Gasteiger partial charge in [-0.25, -0.2) is 12.7 Å². The number of benzene rings is 1. The van der Waals surface area contributed by atoms with Gasteiger partial charge < -0.3 is 14.2 Å². The highest BCUT2D eigenvalue weighted by molar-refractivity contribution is 7.88. The zero-order valence-corrected chi connectivity index (χ0v) is 15.5. The quantitative estimate of drug-likeness (QED) is 0.647. The van der Waals surface area contributed by atoms with Crippen molar-refractivity contribution < 1.29 is 27.4 Å². The molecule has 0 radical (unpaired) electrons. The number of carbonyl (C=O) groups excluding carboxylic acids is 1. The summed E-state index contributed by atoms with van der Waals surface area (Å²) in [5, 5.41) is 0. The number of nitrogens with zero attached hydrogens (tertiary/aromatic N) is 1. The Morgan fingerprint density at radius 2 is 2.00 bits per heavy atom. The van der Waals surface area contributed by atoms with Crippen LogP contribution in [0.1, 0.15) is 19.3 Å². The summed E-state index contributed by atoms with van der Waals surface area (Å²) < 4.78 is 40.6. The molecule has 0 N–H and O–H groups in total. The number of ether oxygens (including phenoxy) is 3. The zero-order valence-electron chi connectivity index (χ0n) is 14.6. The van der Waals surface area contributed by atoms with Gasteiger partial charge in [-0.3, -0.25) is 4.79 Å². The lowest BCUT2D eigenvalue weighted by atomic mass is 10.0. The van der Waals surface area contributed by atoms with Crippen molar-refractivity contribution in [3.63, 3.8) is 0 Å². The Morgan fingerprint density at radius 1 is 1.28 bits per heavy atom. The third-order valence-electron chi connectivity index (χ3n) is 4.06. The summed E-state index contributed by atoms with van der Waals surface area (Å²) in [5.41, 5.74) is 0. The van der Waals surface area contributed by atoms with E-state index < -0.39 is 10.0 Å². The fourth-order valence-electron chi connectivity index (χ4n) is 2.73. The Hall–Kier alpha value is -1.80. The topological polar surface area (TPSA) is 82.1 Å². The zero-order chi connectivity index (χ0) is 18.3. The van der Waals surface area contributed by atoms with Gasteiger partial charge >= 0.3 is 5.97 Å². The van der Waals surface area contributed by atoms with Gasteiger partial charge in [0.25, 0.3) is 0 Å². The van der Waals surface area contributed by atoms with Crippen LogP contribution in [0.25, 0.3) is 0 Å². The van der Waals surface area contributed by atoms with Crippen LogP contribution in [0.2, 0.25) is 0 Å². The molecule has 0 saturated carbocycles. The first-order valence-corrected chi connectivity index (χ1v) is 10.1. The highest BCUT2D eigenvalue weighted by atomic mass is 32.2. The van der Waals surface area contributed by atoms with Crippen molar-refractivity contribution in [3.8, 4) is 11.5 Å². The van der Waals surface area contributed by atoms with E-state index >= 15 is 0 Å². The molecular weight excluding hydrogens is 346 g/mol. The normalized spacial score (nSPS) is 18.6. The monoisotopic (exact) mass is 371 g/mol. The molecule has 0 aliphatic carbocycles. The Bertz CT molecular complexity index is 675. The number of methoxy groups -OCH3 is 1. The van der Waals surface area contributed by atoms with Crippen molar-refractivity contribution in [2.75, 3.05) is 39.7 Å². The minimum absolute atomic E-state index is 0.0440. The molecule has 0 aromatic heterocycles. The number of para-hydroxylation sites is 2. The lowest BCUT2D eigenvalue weighted by molar-refractivity contribution is -0.145. The maximum atomic E-state index is 11.8. The lowest BCUT2D eigenvalue weighted by Crippen LogP contribution is -2.40. The van der Waals surface area contributed by atoms with Crippen LogP contribution >= 0.6 is 0 Å². The van der Waals surface area contributed by atoms with Crippen LogP contribution in [-0.4, -0.2) is 58.4 Å². The van der Waals surface area contributed by atoms with Gasteiger partial charge in [0, 0.05) is 19.0 Å². The molecule has 1 saturated heterocycles. The number of esters is 1. The molecule has 1 fully saturated rings. The van der Waals surface area contributed by atoms with Gasteiger partial charge in [0.15, 0.2) is 11.5 Å². The molecule has 1 aromatic rings. The number of piperidine rings is 1. The molecule has 1 heterocycles. The summed E-state index contributed by atoms with van der Waals surface area (Å²) >= 11 is 0. The smallest absolute Gasteiger partial charge is 0.309 e. The van der Waals surface area contributed by atoms with E-state index in [1.165, 1.54) is 10.6 Å². The molecule has 0 unspecified atom stereocenters. The first-order chi connectivity index (χ1) is 11.9. The van der Waals surface area contributed by atoms with Gasteiger partial charge in [-0.1, -0.05) is 12.1 Å². The van der Waals surface area contributed by atoms with Crippen LogP contribution in [-0.2, 0) is 19.6 Å². The summed E-state index contributed by atoms with van der Waals surface area (Å²) in [4.78, 5) is 11.8.